The zero-order valence-corrected chi connectivity index (χ0v) is 12.0. The summed E-state index contributed by atoms with van der Waals surface area (Å²) in [5.74, 6) is 1.87. The van der Waals surface area contributed by atoms with Crippen LogP contribution in [-0.4, -0.2) is 9.96 Å². The van der Waals surface area contributed by atoms with Crippen molar-refractivity contribution in [2.24, 2.45) is 11.7 Å². The molecular weight excluding hydrogens is 254 g/mol. The first-order chi connectivity index (χ1) is 8.02. The molecule has 0 radical (unpaired) electrons. The molecule has 1 rings (SSSR count). The minimum Gasteiger partial charge on any atom is -0.326 e. The molecule has 0 aliphatic rings. The van der Waals surface area contributed by atoms with Gasteiger partial charge in [-0.3, -0.25) is 4.21 Å². The van der Waals surface area contributed by atoms with Crippen LogP contribution in [0.5, 0.6) is 0 Å². The molecule has 1 aromatic rings. The van der Waals surface area contributed by atoms with Crippen LogP contribution in [-0.2, 0) is 23.1 Å². The third-order valence-corrected chi connectivity index (χ3v) is 4.27. The SMILES string of the molecule is CC(C)CCS(=O)Cc1ccc(CN)cc1Cl. The summed E-state index contributed by atoms with van der Waals surface area (Å²) in [5.41, 5.74) is 7.49. The fourth-order valence-electron chi connectivity index (χ4n) is 1.45. The lowest BCUT2D eigenvalue weighted by Crippen LogP contribution is -2.05. The molecule has 0 heterocycles. The molecule has 0 fully saturated rings. The Morgan fingerprint density at radius 3 is 2.65 bits per heavy atom. The Balaban J connectivity index is 2.59. The number of halogens is 1. The molecule has 1 aromatic carbocycles. The highest BCUT2D eigenvalue weighted by molar-refractivity contribution is 7.84. The van der Waals surface area contributed by atoms with Gasteiger partial charge in [0.1, 0.15) is 0 Å². The predicted molar refractivity (Wildman–Crippen MR) is 75.5 cm³/mol. The molecule has 17 heavy (non-hydrogen) atoms. The van der Waals surface area contributed by atoms with Gasteiger partial charge in [0.25, 0.3) is 0 Å². The van der Waals surface area contributed by atoms with Crippen molar-refractivity contribution >= 4 is 22.4 Å². The van der Waals surface area contributed by atoms with E-state index in [1.165, 1.54) is 0 Å². The minimum absolute atomic E-state index is 0.483. The van der Waals surface area contributed by atoms with Crippen LogP contribution in [0.1, 0.15) is 31.4 Å². The molecular formula is C13H20ClNOS. The van der Waals surface area contributed by atoms with Gasteiger partial charge in [-0.05, 0) is 29.5 Å². The van der Waals surface area contributed by atoms with Gasteiger partial charge in [-0.25, -0.2) is 0 Å². The molecule has 0 saturated carbocycles. The van der Waals surface area contributed by atoms with Crippen molar-refractivity contribution in [1.82, 2.24) is 0 Å². The highest BCUT2D eigenvalue weighted by atomic mass is 35.5. The average Bonchev–Trinajstić information content (AvgIpc) is 2.29. The van der Waals surface area contributed by atoms with Gasteiger partial charge in [-0.15, -0.1) is 0 Å². The van der Waals surface area contributed by atoms with Gasteiger partial charge < -0.3 is 5.73 Å². The molecule has 0 spiro atoms. The molecule has 2 N–H and O–H groups in total. The maximum atomic E-state index is 11.9. The first kappa shape index (κ1) is 14.7. The Bertz CT molecular complexity index is 393. The molecule has 0 aliphatic heterocycles. The highest BCUT2D eigenvalue weighted by Gasteiger charge is 2.07. The molecule has 0 aliphatic carbocycles. The van der Waals surface area contributed by atoms with Gasteiger partial charge in [-0.1, -0.05) is 37.6 Å². The normalized spacial score (nSPS) is 13.0. The van der Waals surface area contributed by atoms with Crippen LogP contribution in [0.15, 0.2) is 18.2 Å². The largest absolute Gasteiger partial charge is 0.326 e. The molecule has 2 nitrogen and oxygen atoms in total. The zero-order chi connectivity index (χ0) is 12.8. The van der Waals surface area contributed by atoms with E-state index in [-0.39, 0.29) is 0 Å². The van der Waals surface area contributed by atoms with Gasteiger partial charge in [0, 0.05) is 33.9 Å². The third-order valence-electron chi connectivity index (χ3n) is 2.59. The van der Waals surface area contributed by atoms with Crippen molar-refractivity contribution in [3.63, 3.8) is 0 Å². The minimum atomic E-state index is -0.826. The molecule has 0 aromatic heterocycles. The Morgan fingerprint density at radius 2 is 2.12 bits per heavy atom. The monoisotopic (exact) mass is 273 g/mol. The molecule has 0 amide bonds. The Morgan fingerprint density at radius 1 is 1.41 bits per heavy atom. The van der Waals surface area contributed by atoms with E-state index in [4.69, 9.17) is 17.3 Å². The first-order valence-electron chi connectivity index (χ1n) is 5.85. The van der Waals surface area contributed by atoms with Crippen molar-refractivity contribution in [2.75, 3.05) is 5.75 Å². The van der Waals surface area contributed by atoms with Crippen LogP contribution >= 0.6 is 11.6 Å². The highest BCUT2D eigenvalue weighted by Crippen LogP contribution is 2.19. The smallest absolute Gasteiger partial charge is 0.0500 e. The maximum absolute atomic E-state index is 11.9. The van der Waals surface area contributed by atoms with Crippen LogP contribution < -0.4 is 5.73 Å². The predicted octanol–water partition coefficient (Wildman–Crippen LogP) is 3.09. The van der Waals surface area contributed by atoms with Gasteiger partial charge in [0.2, 0.25) is 0 Å². The van der Waals surface area contributed by atoms with E-state index in [9.17, 15) is 4.21 Å². The van der Waals surface area contributed by atoms with Crippen molar-refractivity contribution < 1.29 is 4.21 Å². The van der Waals surface area contributed by atoms with E-state index < -0.39 is 10.8 Å². The quantitative estimate of drug-likeness (QED) is 0.866. The van der Waals surface area contributed by atoms with Gasteiger partial charge in [-0.2, -0.15) is 0 Å². The fraction of sp³-hybridized carbons (Fsp3) is 0.538. The van der Waals surface area contributed by atoms with Crippen molar-refractivity contribution in [1.29, 1.82) is 0 Å². The summed E-state index contributed by atoms with van der Waals surface area (Å²) < 4.78 is 11.9. The summed E-state index contributed by atoms with van der Waals surface area (Å²) in [6.45, 7) is 4.76. The summed E-state index contributed by atoms with van der Waals surface area (Å²) in [5, 5.41) is 0.672. The number of rotatable bonds is 6. The van der Waals surface area contributed by atoms with Crippen molar-refractivity contribution in [2.45, 2.75) is 32.6 Å². The zero-order valence-electron chi connectivity index (χ0n) is 10.4. The molecule has 1 unspecified atom stereocenters. The summed E-state index contributed by atoms with van der Waals surface area (Å²) in [7, 11) is -0.826. The van der Waals surface area contributed by atoms with E-state index in [1.807, 2.05) is 18.2 Å². The van der Waals surface area contributed by atoms with Gasteiger partial charge >= 0.3 is 0 Å². The first-order valence-corrected chi connectivity index (χ1v) is 7.72. The number of hydrogen-bond acceptors (Lipinski definition) is 2. The van der Waals surface area contributed by atoms with Gasteiger partial charge in [0.05, 0.1) is 0 Å². The van der Waals surface area contributed by atoms with Crippen LogP contribution in [0.3, 0.4) is 0 Å². The number of benzene rings is 1. The second-order valence-electron chi connectivity index (χ2n) is 4.60. The second kappa shape index (κ2) is 7.14. The lowest BCUT2D eigenvalue weighted by Gasteiger charge is -2.07. The van der Waals surface area contributed by atoms with Crippen LogP contribution in [0.4, 0.5) is 0 Å². The Kier molecular flexibility index (Phi) is 6.17. The second-order valence-corrected chi connectivity index (χ2v) is 6.58. The van der Waals surface area contributed by atoms with Crippen LogP contribution in [0.2, 0.25) is 5.02 Å². The Hall–Kier alpha value is -0.380. The van der Waals surface area contributed by atoms with Crippen LogP contribution in [0.25, 0.3) is 0 Å². The van der Waals surface area contributed by atoms with Gasteiger partial charge in [0.15, 0.2) is 0 Å². The van der Waals surface area contributed by atoms with E-state index in [2.05, 4.69) is 13.8 Å². The van der Waals surface area contributed by atoms with E-state index in [0.29, 0.717) is 23.2 Å². The lowest BCUT2D eigenvalue weighted by atomic mass is 10.1. The average molecular weight is 274 g/mol. The van der Waals surface area contributed by atoms with E-state index in [0.717, 1.165) is 23.3 Å². The van der Waals surface area contributed by atoms with Crippen molar-refractivity contribution in [3.8, 4) is 0 Å². The summed E-state index contributed by atoms with van der Waals surface area (Å²) >= 11 is 6.12. The third kappa shape index (κ3) is 5.19. The molecule has 0 saturated heterocycles. The topological polar surface area (TPSA) is 43.1 Å². The molecule has 0 bridgehead atoms. The molecule has 96 valence electrons. The fourth-order valence-corrected chi connectivity index (χ4v) is 3.27. The summed E-state index contributed by atoms with van der Waals surface area (Å²) in [6.07, 6.45) is 0.991. The molecule has 1 atom stereocenters. The summed E-state index contributed by atoms with van der Waals surface area (Å²) in [6, 6.07) is 5.73. The van der Waals surface area contributed by atoms with Crippen molar-refractivity contribution in [3.05, 3.63) is 34.3 Å². The standard InChI is InChI=1S/C13H20ClNOS/c1-10(2)5-6-17(16)9-12-4-3-11(8-15)7-13(12)14/h3-4,7,10H,5-6,8-9,15H2,1-2H3. The lowest BCUT2D eigenvalue weighted by molar-refractivity contribution is 0.619. The number of hydrogen-bond donors (Lipinski definition) is 1. The van der Waals surface area contributed by atoms with E-state index >= 15 is 0 Å². The number of nitrogens with two attached hydrogens (primary N) is 1. The van der Waals surface area contributed by atoms with Crippen LogP contribution in [0, 0.1) is 5.92 Å². The summed E-state index contributed by atoms with van der Waals surface area (Å²) in [4.78, 5) is 0. The Labute approximate surface area is 111 Å². The maximum Gasteiger partial charge on any atom is 0.0500 e. The molecule has 4 heteroatoms. The van der Waals surface area contributed by atoms with E-state index in [1.54, 1.807) is 0 Å².